The van der Waals surface area contributed by atoms with Crippen LogP contribution in [0.5, 0.6) is 0 Å². The second kappa shape index (κ2) is 15.2. The summed E-state index contributed by atoms with van der Waals surface area (Å²) >= 11 is 0. The molecule has 1 fully saturated rings. The fraction of sp³-hybridized carbons (Fsp3) is 0.231. The number of alkyl halides is 3. The van der Waals surface area contributed by atoms with Gasteiger partial charge >= 0.3 is 21.6 Å². The third-order valence-electron chi connectivity index (χ3n) is 9.13. The summed E-state index contributed by atoms with van der Waals surface area (Å²) < 4.78 is 92.7. The molecule has 0 N–H and O–H groups in total. The molecule has 0 aliphatic carbocycles. The molecule has 0 unspecified atom stereocenters. The number of benzene rings is 4. The van der Waals surface area contributed by atoms with E-state index in [9.17, 15) is 31.2 Å². The molecule has 1 aliphatic heterocycles. The molecule has 1 saturated heterocycles. The highest BCUT2D eigenvalue weighted by Crippen LogP contribution is 2.43. The Morgan fingerprint density at radius 1 is 0.782 bits per heavy atom. The number of hydrogen-bond acceptors (Lipinski definition) is 10. The van der Waals surface area contributed by atoms with Crippen LogP contribution in [-0.2, 0) is 45.5 Å². The van der Waals surface area contributed by atoms with Crippen molar-refractivity contribution in [3.8, 4) is 0 Å². The number of hydrogen-bond donors (Lipinski definition) is 0. The van der Waals surface area contributed by atoms with Crippen LogP contribution in [0.15, 0.2) is 139 Å². The van der Waals surface area contributed by atoms with Crippen molar-refractivity contribution in [1.29, 1.82) is 0 Å². The van der Waals surface area contributed by atoms with Crippen molar-refractivity contribution in [3.05, 3.63) is 167 Å². The molecule has 55 heavy (non-hydrogen) atoms. The summed E-state index contributed by atoms with van der Waals surface area (Å²) in [6.45, 7) is 0.681. The number of ether oxygens (including phenoxy) is 3. The average Bonchev–Trinajstić information content (AvgIpc) is 3.75. The zero-order chi connectivity index (χ0) is 38.8. The molecule has 2 aromatic heterocycles. The minimum Gasteiger partial charge on any atom is -0.457 e. The number of carbonyl (C=O) groups is 1. The molecule has 6 aromatic rings. The SMILES string of the molecule is CC(=O)O[C@H]1[C@@H](OS(=O)(=O)C(F)(F)F)[C@H](n2cnc3c(=O)n(Cc4ccccc4)cnc32)O[C@@H]1COC(c1ccccc1)(c1ccccc1)c1ccccc1. The monoisotopic (exact) mass is 774 g/mol. The van der Waals surface area contributed by atoms with Crippen molar-refractivity contribution in [3.63, 3.8) is 0 Å². The quantitative estimate of drug-likeness (QED) is 0.0657. The average molecular weight is 775 g/mol. The number of nitrogens with zero attached hydrogens (tertiary/aromatic N) is 4. The first-order valence-electron chi connectivity index (χ1n) is 17.0. The van der Waals surface area contributed by atoms with Gasteiger partial charge in [0.05, 0.1) is 19.5 Å². The summed E-state index contributed by atoms with van der Waals surface area (Å²) in [4.78, 5) is 34.6. The van der Waals surface area contributed by atoms with Gasteiger partial charge in [-0.1, -0.05) is 121 Å². The summed E-state index contributed by atoms with van der Waals surface area (Å²) in [6, 6.07) is 36.5. The van der Waals surface area contributed by atoms with Gasteiger partial charge in [-0.25, -0.2) is 9.97 Å². The van der Waals surface area contributed by atoms with E-state index in [1.165, 1.54) is 10.9 Å². The van der Waals surface area contributed by atoms with E-state index in [0.29, 0.717) is 16.7 Å². The van der Waals surface area contributed by atoms with Crippen LogP contribution in [0.4, 0.5) is 13.2 Å². The summed E-state index contributed by atoms with van der Waals surface area (Å²) in [5.41, 5.74) is -5.29. The van der Waals surface area contributed by atoms with Crippen LogP contribution in [0.2, 0.25) is 0 Å². The van der Waals surface area contributed by atoms with Gasteiger partial charge < -0.3 is 14.2 Å². The molecule has 0 radical (unpaired) electrons. The molecule has 12 nitrogen and oxygen atoms in total. The lowest BCUT2D eigenvalue weighted by atomic mass is 9.80. The fourth-order valence-electron chi connectivity index (χ4n) is 6.70. The molecule has 16 heteroatoms. The molecule has 0 saturated carbocycles. The van der Waals surface area contributed by atoms with Crippen LogP contribution in [0, 0.1) is 0 Å². The van der Waals surface area contributed by atoms with Gasteiger partial charge in [-0.05, 0) is 22.3 Å². The molecular formula is C39H33F3N4O8S. The third-order valence-corrected chi connectivity index (χ3v) is 10.2. The number of rotatable bonds is 12. The van der Waals surface area contributed by atoms with Crippen molar-refractivity contribution in [2.24, 2.45) is 0 Å². The number of halogens is 3. The highest BCUT2D eigenvalue weighted by molar-refractivity contribution is 7.87. The maximum atomic E-state index is 13.9. The van der Waals surface area contributed by atoms with Crippen molar-refractivity contribution in [1.82, 2.24) is 19.1 Å². The van der Waals surface area contributed by atoms with Gasteiger partial charge in [-0.15, -0.1) is 0 Å². The van der Waals surface area contributed by atoms with Crippen molar-refractivity contribution in [2.75, 3.05) is 6.61 Å². The smallest absolute Gasteiger partial charge is 0.457 e. The molecular weight excluding hydrogens is 742 g/mol. The summed E-state index contributed by atoms with van der Waals surface area (Å²) in [5.74, 6) is -0.963. The Morgan fingerprint density at radius 2 is 1.31 bits per heavy atom. The standard InChI is InChI=1S/C39H33F3N4O8S/c1-26(47)52-33-31(23-51-38(28-16-8-3-9-17-28,29-18-10-4-11-19-29)30-20-12-5-13-21-30)53-37(34(33)54-55(49,50)39(40,41)42)46-25-43-32-35(46)44-24-45(36(32)48)22-27-14-6-2-7-15-27/h2-21,24-25,31,33-34,37H,22-23H2,1H3/t31-,33-,34-,37-/m1/s1. The van der Waals surface area contributed by atoms with Crippen LogP contribution in [-0.4, -0.2) is 63.9 Å². The third kappa shape index (κ3) is 7.41. The summed E-state index contributed by atoms with van der Waals surface area (Å²) in [7, 11) is -6.30. The minimum absolute atomic E-state index is 0.144. The predicted molar refractivity (Wildman–Crippen MR) is 192 cm³/mol. The Hall–Kier alpha value is -5.68. The molecule has 0 amide bonds. The van der Waals surface area contributed by atoms with E-state index in [-0.39, 0.29) is 17.7 Å². The predicted octanol–water partition coefficient (Wildman–Crippen LogP) is 5.71. The van der Waals surface area contributed by atoms with Crippen LogP contribution < -0.4 is 5.56 Å². The first kappa shape index (κ1) is 37.6. The zero-order valence-corrected chi connectivity index (χ0v) is 29.8. The molecule has 1 aliphatic rings. The maximum Gasteiger partial charge on any atom is 0.523 e. The molecule has 4 aromatic carbocycles. The van der Waals surface area contributed by atoms with Gasteiger partial charge in [-0.3, -0.25) is 22.9 Å². The second-order valence-electron chi connectivity index (χ2n) is 12.7. The molecule has 284 valence electrons. The van der Waals surface area contributed by atoms with Gasteiger partial charge in [0.2, 0.25) is 0 Å². The van der Waals surface area contributed by atoms with Crippen molar-refractivity contribution in [2.45, 2.75) is 49.1 Å². The lowest BCUT2D eigenvalue weighted by Gasteiger charge is -2.37. The van der Waals surface area contributed by atoms with E-state index in [4.69, 9.17) is 18.4 Å². The van der Waals surface area contributed by atoms with E-state index in [0.717, 1.165) is 23.4 Å². The molecule has 3 heterocycles. The van der Waals surface area contributed by atoms with Crippen molar-refractivity contribution < 1.29 is 44.8 Å². The Morgan fingerprint density at radius 3 is 1.82 bits per heavy atom. The van der Waals surface area contributed by atoms with E-state index >= 15 is 0 Å². The number of imidazole rings is 1. The largest absolute Gasteiger partial charge is 0.523 e. The van der Waals surface area contributed by atoms with E-state index in [1.54, 1.807) is 12.1 Å². The van der Waals surface area contributed by atoms with E-state index in [2.05, 4.69) is 9.97 Å². The Labute approximate surface area is 312 Å². The van der Waals surface area contributed by atoms with Crippen molar-refractivity contribution >= 4 is 27.3 Å². The molecule has 4 atom stereocenters. The number of aromatic nitrogens is 4. The number of fused-ring (bicyclic) bond motifs is 1. The van der Waals surface area contributed by atoms with Crippen LogP contribution >= 0.6 is 0 Å². The Balaban J connectivity index is 1.32. The highest BCUT2D eigenvalue weighted by atomic mass is 32.2. The fourth-order valence-corrected chi connectivity index (χ4v) is 7.31. The normalized spacial score (nSPS) is 19.1. The van der Waals surface area contributed by atoms with Crippen LogP contribution in [0.25, 0.3) is 11.2 Å². The maximum absolute atomic E-state index is 13.9. The van der Waals surface area contributed by atoms with Gasteiger partial charge in [0.25, 0.3) is 5.56 Å². The van der Waals surface area contributed by atoms with Gasteiger partial charge in [-0.2, -0.15) is 21.6 Å². The summed E-state index contributed by atoms with van der Waals surface area (Å²) in [6.07, 6.45) is -4.83. The lowest BCUT2D eigenvalue weighted by Crippen LogP contribution is -2.44. The number of esters is 1. The van der Waals surface area contributed by atoms with Crippen LogP contribution in [0.3, 0.4) is 0 Å². The highest BCUT2D eigenvalue weighted by Gasteiger charge is 2.57. The first-order chi connectivity index (χ1) is 26.4. The Kier molecular flexibility index (Phi) is 10.4. The molecule has 7 rings (SSSR count). The summed E-state index contributed by atoms with van der Waals surface area (Å²) in [5, 5.41) is 0. The lowest BCUT2D eigenvalue weighted by molar-refractivity contribution is -0.155. The second-order valence-corrected chi connectivity index (χ2v) is 14.2. The van der Waals surface area contributed by atoms with Crippen LogP contribution in [0.1, 0.15) is 35.4 Å². The molecule has 0 bridgehead atoms. The number of carbonyl (C=O) groups excluding carboxylic acids is 1. The Bertz CT molecular complexity index is 2340. The van der Waals surface area contributed by atoms with Gasteiger partial charge in [0, 0.05) is 6.92 Å². The molecule has 0 spiro atoms. The zero-order valence-electron chi connectivity index (χ0n) is 29.0. The van der Waals surface area contributed by atoms with Gasteiger partial charge in [0.1, 0.15) is 18.0 Å². The van der Waals surface area contributed by atoms with Gasteiger partial charge in [0.15, 0.2) is 29.6 Å². The minimum atomic E-state index is -6.30. The van der Waals surface area contributed by atoms with E-state index in [1.807, 2.05) is 109 Å². The topological polar surface area (TPSA) is 141 Å². The first-order valence-corrected chi connectivity index (χ1v) is 18.4. The van der Waals surface area contributed by atoms with E-state index < -0.39 is 63.9 Å².